The maximum Gasteiger partial charge on any atom is 0.244 e. The predicted octanol–water partition coefficient (Wildman–Crippen LogP) is 2.83. The smallest absolute Gasteiger partial charge is 0.244 e. The molecular formula is C12H10Cl2N4O. The number of benzene rings is 1. The van der Waals surface area contributed by atoms with Gasteiger partial charge in [-0.2, -0.15) is 0 Å². The molecule has 0 aliphatic carbocycles. The highest BCUT2D eigenvalue weighted by atomic mass is 35.5. The van der Waals surface area contributed by atoms with Crippen LogP contribution in [-0.4, -0.2) is 22.4 Å². The van der Waals surface area contributed by atoms with Crippen molar-refractivity contribution in [2.75, 3.05) is 17.2 Å². The first-order chi connectivity index (χ1) is 9.16. The monoisotopic (exact) mass is 296 g/mol. The van der Waals surface area contributed by atoms with E-state index in [9.17, 15) is 4.79 Å². The highest BCUT2D eigenvalue weighted by Gasteiger charge is 2.10. The molecule has 19 heavy (non-hydrogen) atoms. The Balaban J connectivity index is 1.93. The Morgan fingerprint density at radius 3 is 2.63 bits per heavy atom. The van der Waals surface area contributed by atoms with Crippen molar-refractivity contribution in [3.05, 3.63) is 46.8 Å². The minimum atomic E-state index is -0.277. The Morgan fingerprint density at radius 1 is 1.16 bits per heavy atom. The van der Waals surface area contributed by atoms with Crippen LogP contribution in [0.25, 0.3) is 0 Å². The van der Waals surface area contributed by atoms with E-state index in [2.05, 4.69) is 20.6 Å². The average molecular weight is 297 g/mol. The average Bonchev–Trinajstić information content (AvgIpc) is 2.43. The summed E-state index contributed by atoms with van der Waals surface area (Å²) in [4.78, 5) is 19.3. The van der Waals surface area contributed by atoms with Gasteiger partial charge in [0.05, 0.1) is 6.54 Å². The molecule has 5 nitrogen and oxygen atoms in total. The summed E-state index contributed by atoms with van der Waals surface area (Å²) >= 11 is 11.6. The van der Waals surface area contributed by atoms with E-state index in [1.165, 1.54) is 6.33 Å². The van der Waals surface area contributed by atoms with Crippen LogP contribution in [0.3, 0.4) is 0 Å². The van der Waals surface area contributed by atoms with Gasteiger partial charge < -0.3 is 10.6 Å². The SMILES string of the molecule is O=C(CNc1ccccc1)Nc1ncnc(Cl)c1Cl. The van der Waals surface area contributed by atoms with Crippen molar-refractivity contribution in [1.82, 2.24) is 9.97 Å². The number of amides is 1. The summed E-state index contributed by atoms with van der Waals surface area (Å²) in [6, 6.07) is 9.38. The first-order valence-electron chi connectivity index (χ1n) is 5.41. The maximum atomic E-state index is 11.7. The van der Waals surface area contributed by atoms with Gasteiger partial charge in [-0.15, -0.1) is 0 Å². The quantitative estimate of drug-likeness (QED) is 0.852. The number of carbonyl (C=O) groups excluding carboxylic acids is 1. The number of para-hydroxylation sites is 1. The third-order valence-corrected chi connectivity index (χ3v) is 2.97. The number of halogens is 2. The van der Waals surface area contributed by atoms with E-state index in [1.54, 1.807) is 0 Å². The highest BCUT2D eigenvalue weighted by Crippen LogP contribution is 2.25. The molecule has 1 amide bonds. The van der Waals surface area contributed by atoms with Crippen LogP contribution in [0.1, 0.15) is 0 Å². The molecule has 0 aliphatic rings. The van der Waals surface area contributed by atoms with Gasteiger partial charge >= 0.3 is 0 Å². The number of hydrogen-bond donors (Lipinski definition) is 2. The van der Waals surface area contributed by atoms with E-state index in [0.717, 1.165) is 5.69 Å². The molecule has 2 N–H and O–H groups in total. The summed E-state index contributed by atoms with van der Waals surface area (Å²) in [5, 5.41) is 5.74. The molecule has 1 heterocycles. The lowest BCUT2D eigenvalue weighted by atomic mass is 10.3. The van der Waals surface area contributed by atoms with Crippen LogP contribution in [0.2, 0.25) is 10.2 Å². The van der Waals surface area contributed by atoms with E-state index in [0.29, 0.717) is 0 Å². The number of nitrogens with one attached hydrogen (secondary N) is 2. The summed E-state index contributed by atoms with van der Waals surface area (Å²) in [6.45, 7) is 0.0992. The fourth-order valence-electron chi connectivity index (χ4n) is 1.35. The van der Waals surface area contributed by atoms with Gasteiger partial charge in [-0.25, -0.2) is 9.97 Å². The molecule has 0 aliphatic heterocycles. The first kappa shape index (κ1) is 13.6. The summed E-state index contributed by atoms with van der Waals surface area (Å²) < 4.78 is 0. The molecule has 0 saturated heterocycles. The van der Waals surface area contributed by atoms with Crippen molar-refractivity contribution in [2.45, 2.75) is 0 Å². The van der Waals surface area contributed by atoms with Crippen molar-refractivity contribution in [1.29, 1.82) is 0 Å². The molecule has 2 aromatic rings. The van der Waals surface area contributed by atoms with E-state index < -0.39 is 0 Å². The summed E-state index contributed by atoms with van der Waals surface area (Å²) in [5.41, 5.74) is 0.851. The normalized spacial score (nSPS) is 10.0. The first-order valence-corrected chi connectivity index (χ1v) is 6.17. The minimum Gasteiger partial charge on any atom is -0.376 e. The molecule has 98 valence electrons. The Labute approximate surface area is 120 Å². The minimum absolute atomic E-state index is 0.0992. The van der Waals surface area contributed by atoms with Gasteiger partial charge in [-0.05, 0) is 12.1 Å². The number of carbonyl (C=O) groups is 1. The van der Waals surface area contributed by atoms with Crippen molar-refractivity contribution < 1.29 is 4.79 Å². The second kappa shape index (κ2) is 6.36. The van der Waals surface area contributed by atoms with Crippen LogP contribution >= 0.6 is 23.2 Å². The van der Waals surface area contributed by atoms with Gasteiger partial charge in [0.25, 0.3) is 0 Å². The highest BCUT2D eigenvalue weighted by molar-refractivity contribution is 6.42. The molecule has 2 rings (SSSR count). The molecule has 0 radical (unpaired) electrons. The zero-order valence-corrected chi connectivity index (χ0v) is 11.2. The van der Waals surface area contributed by atoms with Crippen LogP contribution in [0.15, 0.2) is 36.7 Å². The maximum absolute atomic E-state index is 11.7. The number of anilines is 2. The number of rotatable bonds is 4. The Hall–Kier alpha value is -1.85. The second-order valence-electron chi connectivity index (χ2n) is 3.59. The van der Waals surface area contributed by atoms with Gasteiger partial charge in [0.2, 0.25) is 5.91 Å². The third-order valence-electron chi connectivity index (χ3n) is 2.23. The van der Waals surface area contributed by atoms with Crippen LogP contribution in [0.5, 0.6) is 0 Å². The van der Waals surface area contributed by atoms with Gasteiger partial charge in [-0.3, -0.25) is 4.79 Å². The molecule has 1 aromatic carbocycles. The van der Waals surface area contributed by atoms with E-state index in [1.807, 2.05) is 30.3 Å². The Bertz CT molecular complexity index is 577. The fourth-order valence-corrected chi connectivity index (χ4v) is 1.63. The predicted molar refractivity (Wildman–Crippen MR) is 75.6 cm³/mol. The fraction of sp³-hybridized carbons (Fsp3) is 0.0833. The van der Waals surface area contributed by atoms with Crippen molar-refractivity contribution in [3.8, 4) is 0 Å². The van der Waals surface area contributed by atoms with Crippen LogP contribution in [0, 0.1) is 0 Å². The molecule has 0 saturated carbocycles. The van der Waals surface area contributed by atoms with Crippen LogP contribution in [0.4, 0.5) is 11.5 Å². The molecule has 0 unspecified atom stereocenters. The molecule has 0 atom stereocenters. The molecule has 0 fully saturated rings. The lowest BCUT2D eigenvalue weighted by Gasteiger charge is -2.08. The van der Waals surface area contributed by atoms with Gasteiger partial charge in [0.15, 0.2) is 11.0 Å². The molecule has 7 heteroatoms. The van der Waals surface area contributed by atoms with E-state index in [-0.39, 0.29) is 28.4 Å². The lowest BCUT2D eigenvalue weighted by molar-refractivity contribution is -0.114. The largest absolute Gasteiger partial charge is 0.376 e. The zero-order chi connectivity index (χ0) is 13.7. The van der Waals surface area contributed by atoms with Crippen LogP contribution < -0.4 is 10.6 Å². The zero-order valence-electron chi connectivity index (χ0n) is 9.73. The third kappa shape index (κ3) is 3.81. The topological polar surface area (TPSA) is 66.9 Å². The standard InChI is InChI=1S/C12H10Cl2N4O/c13-10-11(14)16-7-17-12(10)18-9(19)6-15-8-4-2-1-3-5-8/h1-5,7,15H,6H2,(H,16,17,18,19). The van der Waals surface area contributed by atoms with Crippen molar-refractivity contribution in [2.24, 2.45) is 0 Å². The molecular weight excluding hydrogens is 287 g/mol. The summed E-state index contributed by atoms with van der Waals surface area (Å²) in [7, 11) is 0. The second-order valence-corrected chi connectivity index (χ2v) is 4.33. The van der Waals surface area contributed by atoms with Crippen molar-refractivity contribution in [3.63, 3.8) is 0 Å². The van der Waals surface area contributed by atoms with Gasteiger partial charge in [0, 0.05) is 5.69 Å². The van der Waals surface area contributed by atoms with Gasteiger partial charge in [0.1, 0.15) is 11.3 Å². The molecule has 1 aromatic heterocycles. The number of nitrogens with zero attached hydrogens (tertiary/aromatic N) is 2. The van der Waals surface area contributed by atoms with Crippen LogP contribution in [-0.2, 0) is 4.79 Å². The van der Waals surface area contributed by atoms with Gasteiger partial charge in [-0.1, -0.05) is 41.4 Å². The lowest BCUT2D eigenvalue weighted by Crippen LogP contribution is -2.22. The number of hydrogen-bond acceptors (Lipinski definition) is 4. The Kier molecular flexibility index (Phi) is 4.54. The molecule has 0 bridgehead atoms. The van der Waals surface area contributed by atoms with Crippen molar-refractivity contribution >= 4 is 40.6 Å². The molecule has 0 spiro atoms. The summed E-state index contributed by atoms with van der Waals surface area (Å²) in [5.74, 6) is -0.0814. The van der Waals surface area contributed by atoms with E-state index in [4.69, 9.17) is 23.2 Å². The Morgan fingerprint density at radius 2 is 1.89 bits per heavy atom. The number of aromatic nitrogens is 2. The van der Waals surface area contributed by atoms with E-state index >= 15 is 0 Å². The summed E-state index contributed by atoms with van der Waals surface area (Å²) in [6.07, 6.45) is 1.23.